The van der Waals surface area contributed by atoms with Crippen molar-refractivity contribution in [2.24, 2.45) is 0 Å². The van der Waals surface area contributed by atoms with Gasteiger partial charge in [0.25, 0.3) is 0 Å². The molecule has 0 N–H and O–H groups in total. The number of nitrogens with zero attached hydrogens (tertiary/aromatic N) is 3. The molecule has 0 saturated carbocycles. The number of nitro benzene ring substituents is 2. The zero-order valence-electron chi connectivity index (χ0n) is 25.0. The number of esters is 3. The Balaban J connectivity index is 1.48. The van der Waals surface area contributed by atoms with Crippen LogP contribution in [0.25, 0.3) is 11.1 Å². The molecule has 0 unspecified atom stereocenters. The van der Waals surface area contributed by atoms with Crippen molar-refractivity contribution < 1.29 is 47.6 Å². The molecule has 0 amide bonds. The number of oxazole rings is 1. The molecule has 5 aromatic rings. The van der Waals surface area contributed by atoms with Crippen LogP contribution in [0.4, 0.5) is 11.4 Å². The molecule has 1 saturated heterocycles. The number of ether oxygens (including phenoxy) is 4. The number of fused-ring (bicyclic) bond motifs is 1. The predicted molar refractivity (Wildman–Crippen MR) is 166 cm³/mol. The predicted octanol–water partition coefficient (Wildman–Crippen LogP) is 4.62. The second kappa shape index (κ2) is 13.6. The highest BCUT2D eigenvalue weighted by atomic mass is 16.7. The third kappa shape index (κ3) is 6.61. The Morgan fingerprint density at radius 1 is 0.673 bits per heavy atom. The standard InChI is InChI=1S/C33H23N3O13/c37-30(19-10-4-1-5-11-19)46-26-18-45-29(34-24-16-22(35(41)42)23(36(43)44)17-25(24)47-33(34)40)28(49-32(39)21-14-8-3-9-15-21)27(26)48-31(38)20-12-6-2-7-13-20/h1-17,26-29H,18H2/t26-,27+,28+,29+/m0/s1. The van der Waals surface area contributed by atoms with E-state index in [-0.39, 0.29) is 22.2 Å². The summed E-state index contributed by atoms with van der Waals surface area (Å²) >= 11 is 0. The number of nitro groups is 2. The van der Waals surface area contributed by atoms with Gasteiger partial charge in [-0.2, -0.15) is 0 Å². The summed E-state index contributed by atoms with van der Waals surface area (Å²) in [5.41, 5.74) is -2.40. The lowest BCUT2D eigenvalue weighted by Gasteiger charge is -2.40. The van der Waals surface area contributed by atoms with Crippen molar-refractivity contribution >= 4 is 40.4 Å². The highest BCUT2D eigenvalue weighted by molar-refractivity contribution is 5.91. The first kappa shape index (κ1) is 32.3. The van der Waals surface area contributed by atoms with Crippen LogP contribution in [0.5, 0.6) is 0 Å². The average molecular weight is 670 g/mol. The smallest absolute Gasteiger partial charge is 0.422 e. The van der Waals surface area contributed by atoms with Gasteiger partial charge in [0.05, 0.1) is 45.3 Å². The molecule has 1 aliphatic rings. The average Bonchev–Trinajstić information content (AvgIpc) is 3.44. The summed E-state index contributed by atoms with van der Waals surface area (Å²) in [5.74, 6) is -3.92. The lowest BCUT2D eigenvalue weighted by Crippen LogP contribution is -2.56. The van der Waals surface area contributed by atoms with Gasteiger partial charge in [-0.25, -0.2) is 23.7 Å². The van der Waals surface area contributed by atoms with Gasteiger partial charge < -0.3 is 23.4 Å². The number of hydrogen-bond acceptors (Lipinski definition) is 13. The molecule has 0 radical (unpaired) electrons. The minimum atomic E-state index is -1.77. The summed E-state index contributed by atoms with van der Waals surface area (Å²) < 4.78 is 29.3. The molecule has 0 spiro atoms. The molecule has 1 aliphatic heterocycles. The second-order valence-corrected chi connectivity index (χ2v) is 10.6. The molecule has 16 heteroatoms. The maximum absolute atomic E-state index is 13.5. The number of benzene rings is 4. The summed E-state index contributed by atoms with van der Waals surface area (Å²) in [6, 6.07) is 24.6. The Kier molecular flexibility index (Phi) is 8.95. The van der Waals surface area contributed by atoms with E-state index in [1.54, 1.807) is 54.6 Å². The third-order valence-corrected chi connectivity index (χ3v) is 7.53. The minimum Gasteiger partial charge on any atom is -0.452 e. The van der Waals surface area contributed by atoms with E-state index in [4.69, 9.17) is 23.4 Å². The zero-order chi connectivity index (χ0) is 34.7. The highest BCUT2D eigenvalue weighted by Crippen LogP contribution is 2.37. The molecule has 1 aromatic heterocycles. The fraction of sp³-hybridized carbons (Fsp3) is 0.152. The first-order valence-corrected chi connectivity index (χ1v) is 14.5. The van der Waals surface area contributed by atoms with E-state index in [9.17, 15) is 39.4 Å². The van der Waals surface area contributed by atoms with Crippen molar-refractivity contribution in [3.63, 3.8) is 0 Å². The monoisotopic (exact) mass is 669 g/mol. The van der Waals surface area contributed by atoms with Gasteiger partial charge in [-0.15, -0.1) is 0 Å². The molecule has 0 bridgehead atoms. The molecule has 0 aliphatic carbocycles. The lowest BCUT2D eigenvalue weighted by atomic mass is 10.0. The van der Waals surface area contributed by atoms with E-state index in [0.29, 0.717) is 6.07 Å². The molecule has 6 rings (SSSR count). The summed E-state index contributed by atoms with van der Waals surface area (Å²) in [5, 5.41) is 23.3. The number of hydrogen-bond donors (Lipinski definition) is 0. The van der Waals surface area contributed by atoms with Gasteiger partial charge in [-0.1, -0.05) is 54.6 Å². The summed E-state index contributed by atoms with van der Waals surface area (Å²) in [6.45, 7) is -0.538. The quantitative estimate of drug-likeness (QED) is 0.0909. The van der Waals surface area contributed by atoms with Gasteiger partial charge >= 0.3 is 35.0 Å². The lowest BCUT2D eigenvalue weighted by molar-refractivity contribution is -0.422. The first-order valence-electron chi connectivity index (χ1n) is 14.5. The van der Waals surface area contributed by atoms with Gasteiger partial charge in [0.1, 0.15) is 5.52 Å². The Labute approximate surface area is 274 Å². The maximum atomic E-state index is 13.5. The summed E-state index contributed by atoms with van der Waals surface area (Å²) in [4.78, 5) is 74.8. The van der Waals surface area contributed by atoms with Crippen LogP contribution in [0.15, 0.2) is 112 Å². The normalized spacial score (nSPS) is 18.7. The Morgan fingerprint density at radius 2 is 1.12 bits per heavy atom. The topological polar surface area (TPSA) is 210 Å². The van der Waals surface area contributed by atoms with Crippen LogP contribution in [0.1, 0.15) is 37.3 Å². The summed E-state index contributed by atoms with van der Waals surface area (Å²) in [7, 11) is 0. The van der Waals surface area contributed by atoms with Crippen molar-refractivity contribution in [3.05, 3.63) is 151 Å². The molecule has 1 fully saturated rings. The van der Waals surface area contributed by atoms with Crippen molar-refractivity contribution in [2.75, 3.05) is 6.61 Å². The third-order valence-electron chi connectivity index (χ3n) is 7.53. The molecular weight excluding hydrogens is 646 g/mol. The minimum absolute atomic E-state index is 0.0495. The fourth-order valence-corrected chi connectivity index (χ4v) is 5.25. The highest BCUT2D eigenvalue weighted by Gasteiger charge is 2.50. The molecule has 2 heterocycles. The molecular formula is C33H23N3O13. The number of carbonyl (C=O) groups excluding carboxylic acids is 3. The van der Waals surface area contributed by atoms with E-state index in [1.807, 2.05) is 0 Å². The van der Waals surface area contributed by atoms with Crippen LogP contribution in [0.3, 0.4) is 0 Å². The Bertz CT molecular complexity index is 2110. The van der Waals surface area contributed by atoms with E-state index in [0.717, 1.165) is 10.6 Å². The van der Waals surface area contributed by atoms with E-state index in [2.05, 4.69) is 0 Å². The van der Waals surface area contributed by atoms with Crippen LogP contribution < -0.4 is 5.76 Å². The van der Waals surface area contributed by atoms with Crippen molar-refractivity contribution in [3.8, 4) is 0 Å². The van der Waals surface area contributed by atoms with Crippen LogP contribution in [0.2, 0.25) is 0 Å². The van der Waals surface area contributed by atoms with E-state index in [1.165, 1.54) is 36.4 Å². The first-order chi connectivity index (χ1) is 23.6. The van der Waals surface area contributed by atoms with Gasteiger partial charge in [0.15, 0.2) is 30.1 Å². The molecule has 4 aromatic carbocycles. The van der Waals surface area contributed by atoms with Crippen LogP contribution >= 0.6 is 0 Å². The van der Waals surface area contributed by atoms with Gasteiger partial charge in [-0.3, -0.25) is 20.2 Å². The van der Waals surface area contributed by atoms with Gasteiger partial charge in [0, 0.05) is 0 Å². The number of carbonyl (C=O) groups is 3. The van der Waals surface area contributed by atoms with Gasteiger partial charge in [-0.05, 0) is 36.4 Å². The Morgan fingerprint density at radius 3 is 1.61 bits per heavy atom. The fourth-order valence-electron chi connectivity index (χ4n) is 5.25. The van der Waals surface area contributed by atoms with Crippen molar-refractivity contribution in [1.29, 1.82) is 0 Å². The number of rotatable bonds is 9. The van der Waals surface area contributed by atoms with Crippen molar-refractivity contribution in [2.45, 2.75) is 24.5 Å². The van der Waals surface area contributed by atoms with Crippen LogP contribution in [-0.4, -0.2) is 57.2 Å². The molecule has 4 atom stereocenters. The second-order valence-electron chi connectivity index (χ2n) is 10.6. The number of aromatic nitrogens is 1. The largest absolute Gasteiger partial charge is 0.452 e. The zero-order valence-corrected chi connectivity index (χ0v) is 25.0. The summed E-state index contributed by atoms with van der Waals surface area (Å²) in [6.07, 6.45) is -6.55. The Hall–Kier alpha value is -6.68. The van der Waals surface area contributed by atoms with E-state index < -0.39 is 81.6 Å². The van der Waals surface area contributed by atoms with E-state index >= 15 is 0 Å². The molecule has 16 nitrogen and oxygen atoms in total. The van der Waals surface area contributed by atoms with Crippen LogP contribution in [-0.2, 0) is 18.9 Å². The molecule has 248 valence electrons. The van der Waals surface area contributed by atoms with Crippen LogP contribution in [0, 0.1) is 20.2 Å². The molecule has 49 heavy (non-hydrogen) atoms. The SMILES string of the molecule is O=C(O[C@@H]1[C@H](OC(=O)c2ccccc2)[C@@H](OC(=O)c2ccccc2)CO[C@H]1n1c(=O)oc2cc([N+](=O)[O-])c([N+](=O)[O-])cc21)c1ccccc1. The van der Waals surface area contributed by atoms with Crippen molar-refractivity contribution in [1.82, 2.24) is 4.57 Å². The van der Waals surface area contributed by atoms with Gasteiger partial charge in [0.2, 0.25) is 0 Å². The maximum Gasteiger partial charge on any atom is 0.422 e.